The minimum Gasteiger partial charge on any atom is -0.495 e. The summed E-state index contributed by atoms with van der Waals surface area (Å²) in [5.41, 5.74) is 0.706. The van der Waals surface area contributed by atoms with Gasteiger partial charge in [-0.15, -0.1) is 11.6 Å². The molecule has 3 rings (SSSR count). The smallest absolute Gasteiger partial charge is 0.407 e. The zero-order valence-corrected chi connectivity index (χ0v) is 22.3. The van der Waals surface area contributed by atoms with Gasteiger partial charge in [0.05, 0.1) is 12.8 Å². The van der Waals surface area contributed by atoms with Crippen LogP contribution < -0.4 is 20.1 Å². The SMILES string of the molecule is COc1cc2c(cc1NC(=O)CCl)OC(C)(C)C(O)C2OC(=O)NCC(c1ccccc1)C(C)(C)C. The molecule has 0 bridgehead atoms. The van der Waals surface area contributed by atoms with Crippen molar-refractivity contribution in [3.05, 3.63) is 53.6 Å². The summed E-state index contributed by atoms with van der Waals surface area (Å²) in [4.78, 5) is 24.8. The Bertz CT molecular complexity index is 1080. The summed E-state index contributed by atoms with van der Waals surface area (Å²) < 4.78 is 17.2. The number of carbonyl (C=O) groups is 2. The van der Waals surface area contributed by atoms with Crippen molar-refractivity contribution in [1.82, 2.24) is 5.32 Å². The number of aliphatic hydroxyl groups is 1. The predicted octanol–water partition coefficient (Wildman–Crippen LogP) is 5.00. The number of hydrogen-bond donors (Lipinski definition) is 3. The minimum atomic E-state index is -1.16. The molecule has 0 aromatic heterocycles. The maximum atomic E-state index is 13.0. The molecule has 2 aromatic rings. The molecule has 0 saturated heterocycles. The molecule has 3 N–H and O–H groups in total. The van der Waals surface area contributed by atoms with Gasteiger partial charge in [0.15, 0.2) is 6.10 Å². The van der Waals surface area contributed by atoms with Crippen LogP contribution in [-0.4, -0.2) is 48.3 Å². The molecule has 3 atom stereocenters. The number of nitrogens with one attached hydrogen (secondary N) is 2. The van der Waals surface area contributed by atoms with E-state index in [4.69, 9.17) is 25.8 Å². The highest BCUT2D eigenvalue weighted by Crippen LogP contribution is 2.46. The third kappa shape index (κ3) is 6.23. The van der Waals surface area contributed by atoms with Gasteiger partial charge in [0.25, 0.3) is 0 Å². The number of halogens is 1. The number of fused-ring (bicyclic) bond motifs is 1. The van der Waals surface area contributed by atoms with Crippen molar-refractivity contribution >= 4 is 29.3 Å². The van der Waals surface area contributed by atoms with E-state index in [0.717, 1.165) is 5.56 Å². The Hall–Kier alpha value is -2.97. The maximum Gasteiger partial charge on any atom is 0.407 e. The van der Waals surface area contributed by atoms with E-state index < -0.39 is 29.8 Å². The third-order valence-electron chi connectivity index (χ3n) is 6.34. The fourth-order valence-corrected chi connectivity index (χ4v) is 4.36. The first kappa shape index (κ1) is 27.6. The second kappa shape index (κ2) is 11.0. The number of anilines is 1. The van der Waals surface area contributed by atoms with Crippen molar-refractivity contribution in [2.75, 3.05) is 24.9 Å². The summed E-state index contributed by atoms with van der Waals surface area (Å²) in [6.07, 6.45) is -2.84. The van der Waals surface area contributed by atoms with Crippen LogP contribution in [0.4, 0.5) is 10.5 Å². The van der Waals surface area contributed by atoms with Crippen molar-refractivity contribution in [2.45, 2.75) is 58.3 Å². The lowest BCUT2D eigenvalue weighted by Gasteiger charge is -2.41. The number of alkyl carbamates (subject to hydrolysis) is 1. The summed E-state index contributed by atoms with van der Waals surface area (Å²) in [6.45, 7) is 10.1. The molecule has 0 saturated carbocycles. The molecule has 1 aliphatic rings. The zero-order valence-electron chi connectivity index (χ0n) is 21.6. The molecule has 3 unspecified atom stereocenters. The number of carbonyl (C=O) groups excluding carboxylic acids is 2. The van der Waals surface area contributed by atoms with E-state index in [1.807, 2.05) is 30.3 Å². The Morgan fingerprint density at radius 2 is 1.86 bits per heavy atom. The molecule has 9 heteroatoms. The van der Waals surface area contributed by atoms with Gasteiger partial charge in [-0.25, -0.2) is 4.79 Å². The van der Waals surface area contributed by atoms with Crippen LogP contribution in [0.2, 0.25) is 0 Å². The quantitative estimate of drug-likeness (QED) is 0.445. The molecule has 196 valence electrons. The molecule has 1 heterocycles. The molecule has 2 aromatic carbocycles. The average molecular weight is 519 g/mol. The van der Waals surface area contributed by atoms with Crippen molar-refractivity contribution in [2.24, 2.45) is 5.41 Å². The van der Waals surface area contributed by atoms with Gasteiger partial charge < -0.3 is 30.0 Å². The van der Waals surface area contributed by atoms with Crippen LogP contribution >= 0.6 is 11.6 Å². The van der Waals surface area contributed by atoms with E-state index in [1.165, 1.54) is 7.11 Å². The van der Waals surface area contributed by atoms with E-state index in [-0.39, 0.29) is 17.2 Å². The number of ether oxygens (including phenoxy) is 3. The normalized spacial score (nSPS) is 19.3. The summed E-state index contributed by atoms with van der Waals surface area (Å²) in [7, 11) is 1.45. The van der Waals surface area contributed by atoms with Crippen LogP contribution in [0.15, 0.2) is 42.5 Å². The van der Waals surface area contributed by atoms with Crippen LogP contribution in [-0.2, 0) is 9.53 Å². The lowest BCUT2D eigenvalue weighted by Crippen LogP contribution is -2.50. The Morgan fingerprint density at radius 1 is 1.19 bits per heavy atom. The highest BCUT2D eigenvalue weighted by Gasteiger charge is 2.46. The Labute approximate surface area is 217 Å². The molecule has 8 nitrogen and oxygen atoms in total. The van der Waals surface area contributed by atoms with Crippen LogP contribution in [0, 0.1) is 5.41 Å². The minimum absolute atomic E-state index is 0.0442. The number of alkyl halides is 1. The van der Waals surface area contributed by atoms with Crippen molar-refractivity contribution < 1.29 is 28.9 Å². The van der Waals surface area contributed by atoms with Crippen molar-refractivity contribution in [3.8, 4) is 11.5 Å². The number of rotatable bonds is 7. The number of benzene rings is 2. The monoisotopic (exact) mass is 518 g/mol. The molecule has 0 fully saturated rings. The van der Waals surface area contributed by atoms with Gasteiger partial charge in [0, 0.05) is 24.1 Å². The second-order valence-corrected chi connectivity index (χ2v) is 10.7. The zero-order chi connectivity index (χ0) is 26.7. The molecule has 2 amide bonds. The standard InChI is InChI=1S/C27H35ClN2O6/c1-26(2,3)18(16-10-8-7-9-11-16)15-29-25(33)35-23-17-12-21(34-6)19(30-22(31)14-28)13-20(17)36-27(4,5)24(23)32/h7-13,18,23-24,32H,14-15H2,1-6H3,(H,29,33)(H,30,31). The van der Waals surface area contributed by atoms with E-state index in [1.54, 1.807) is 26.0 Å². The number of hydrogen-bond acceptors (Lipinski definition) is 6. The third-order valence-corrected chi connectivity index (χ3v) is 6.58. The molecule has 0 aliphatic carbocycles. The van der Waals surface area contributed by atoms with Gasteiger partial charge in [-0.1, -0.05) is 51.1 Å². The van der Waals surface area contributed by atoms with Gasteiger partial charge in [-0.2, -0.15) is 0 Å². The average Bonchev–Trinajstić information content (AvgIpc) is 2.81. The Balaban J connectivity index is 1.85. The van der Waals surface area contributed by atoms with Crippen LogP contribution in [0.3, 0.4) is 0 Å². The molecule has 0 spiro atoms. The first-order valence-electron chi connectivity index (χ1n) is 11.8. The van der Waals surface area contributed by atoms with Crippen LogP contribution in [0.1, 0.15) is 57.8 Å². The highest BCUT2D eigenvalue weighted by molar-refractivity contribution is 6.29. The summed E-state index contributed by atoms with van der Waals surface area (Å²) in [5, 5.41) is 16.6. The topological polar surface area (TPSA) is 106 Å². The molecule has 36 heavy (non-hydrogen) atoms. The number of aliphatic hydroxyl groups excluding tert-OH is 1. The molecular weight excluding hydrogens is 484 g/mol. The van der Waals surface area contributed by atoms with E-state index in [0.29, 0.717) is 29.3 Å². The maximum absolute atomic E-state index is 13.0. The van der Waals surface area contributed by atoms with Crippen molar-refractivity contribution in [3.63, 3.8) is 0 Å². The predicted molar refractivity (Wildman–Crippen MR) is 139 cm³/mol. The fourth-order valence-electron chi connectivity index (χ4n) is 4.29. The van der Waals surface area contributed by atoms with Gasteiger partial charge in [-0.05, 0) is 30.9 Å². The first-order valence-corrected chi connectivity index (χ1v) is 12.3. The number of amides is 2. The second-order valence-electron chi connectivity index (χ2n) is 10.5. The Morgan fingerprint density at radius 3 is 2.44 bits per heavy atom. The molecular formula is C27H35ClN2O6. The van der Waals surface area contributed by atoms with Gasteiger partial charge >= 0.3 is 6.09 Å². The van der Waals surface area contributed by atoms with Gasteiger partial charge in [-0.3, -0.25) is 4.79 Å². The molecule has 1 aliphatic heterocycles. The molecule has 0 radical (unpaired) electrons. The van der Waals surface area contributed by atoms with E-state index >= 15 is 0 Å². The Kier molecular flexibility index (Phi) is 8.41. The summed E-state index contributed by atoms with van der Waals surface area (Å²) in [6, 6.07) is 13.1. The van der Waals surface area contributed by atoms with Crippen LogP contribution in [0.25, 0.3) is 0 Å². The lowest BCUT2D eigenvalue weighted by atomic mass is 9.76. The summed E-state index contributed by atoms with van der Waals surface area (Å²) in [5.74, 6) is 0.0708. The largest absolute Gasteiger partial charge is 0.495 e. The highest BCUT2D eigenvalue weighted by atomic mass is 35.5. The number of methoxy groups -OCH3 is 1. The summed E-state index contributed by atoms with van der Waals surface area (Å²) >= 11 is 5.62. The van der Waals surface area contributed by atoms with Crippen molar-refractivity contribution in [1.29, 1.82) is 0 Å². The van der Waals surface area contributed by atoms with E-state index in [2.05, 4.69) is 31.4 Å². The van der Waals surface area contributed by atoms with Gasteiger partial charge in [0.1, 0.15) is 29.1 Å². The lowest BCUT2D eigenvalue weighted by molar-refractivity contribution is -0.114. The van der Waals surface area contributed by atoms with E-state index in [9.17, 15) is 14.7 Å². The first-order chi connectivity index (χ1) is 16.9. The van der Waals surface area contributed by atoms with Crippen LogP contribution in [0.5, 0.6) is 11.5 Å². The van der Waals surface area contributed by atoms with Gasteiger partial charge in [0.2, 0.25) is 5.91 Å². The fraction of sp³-hybridized carbons (Fsp3) is 0.481.